The zero-order valence-electron chi connectivity index (χ0n) is 8.90. The second-order valence-corrected chi connectivity index (χ2v) is 3.49. The molecule has 86 valence electrons. The number of pyridine rings is 1. The fourth-order valence-corrected chi connectivity index (χ4v) is 1.43. The summed E-state index contributed by atoms with van der Waals surface area (Å²) in [6.45, 7) is 2.61. The Morgan fingerprint density at radius 3 is 3.06 bits per heavy atom. The number of halogens is 1. The van der Waals surface area contributed by atoms with E-state index in [1.165, 1.54) is 12.3 Å². The Hall–Kier alpha value is -1.55. The maximum atomic E-state index is 10.8. The molecule has 0 saturated carbocycles. The minimum atomic E-state index is -1.05. The van der Waals surface area contributed by atoms with E-state index in [0.29, 0.717) is 12.4 Å². The van der Waals surface area contributed by atoms with Crippen molar-refractivity contribution < 1.29 is 9.90 Å². The second kappa shape index (κ2) is 6.12. The highest BCUT2D eigenvalue weighted by Gasteiger charge is 2.12. The van der Waals surface area contributed by atoms with Crippen LogP contribution in [0.5, 0.6) is 0 Å². The molecule has 1 rings (SSSR count). The molecule has 2 N–H and O–H groups in total. The average molecular weight is 241 g/mol. The number of anilines is 1. The predicted octanol–water partition coefficient (Wildman–Crippen LogP) is 2.81. The van der Waals surface area contributed by atoms with Crippen molar-refractivity contribution in [1.82, 2.24) is 4.98 Å². The molecule has 0 aliphatic carbocycles. The van der Waals surface area contributed by atoms with E-state index in [-0.39, 0.29) is 10.6 Å². The molecule has 0 aliphatic heterocycles. The number of hydrogen-bond acceptors (Lipinski definition) is 3. The molecule has 1 aromatic rings. The lowest BCUT2D eigenvalue weighted by molar-refractivity contribution is 0.0697. The van der Waals surface area contributed by atoms with Crippen LogP contribution in [0, 0.1) is 0 Å². The SMILES string of the molecule is C/C=C/CCNc1nccc(C(=O)O)c1Cl. The number of aromatic carboxylic acids is 1. The molecule has 0 radical (unpaired) electrons. The first-order valence-electron chi connectivity index (χ1n) is 4.89. The maximum Gasteiger partial charge on any atom is 0.337 e. The fraction of sp³-hybridized carbons (Fsp3) is 0.273. The molecule has 1 aromatic heterocycles. The van der Waals surface area contributed by atoms with Gasteiger partial charge in [-0.3, -0.25) is 0 Å². The van der Waals surface area contributed by atoms with Gasteiger partial charge in [0, 0.05) is 12.7 Å². The molecule has 0 atom stereocenters. The van der Waals surface area contributed by atoms with Gasteiger partial charge in [-0.2, -0.15) is 0 Å². The zero-order chi connectivity index (χ0) is 12.0. The Labute approximate surface area is 99.0 Å². The van der Waals surface area contributed by atoms with E-state index in [1.807, 2.05) is 19.1 Å². The van der Waals surface area contributed by atoms with Gasteiger partial charge >= 0.3 is 5.97 Å². The molecule has 0 unspecified atom stereocenters. The lowest BCUT2D eigenvalue weighted by atomic mass is 10.2. The predicted molar refractivity (Wildman–Crippen MR) is 64.1 cm³/mol. The summed E-state index contributed by atoms with van der Waals surface area (Å²) in [4.78, 5) is 14.8. The number of carboxylic acids is 1. The van der Waals surface area contributed by atoms with Crippen molar-refractivity contribution in [3.05, 3.63) is 35.0 Å². The highest BCUT2D eigenvalue weighted by molar-refractivity contribution is 6.35. The van der Waals surface area contributed by atoms with Crippen molar-refractivity contribution in [3.8, 4) is 0 Å². The number of rotatable bonds is 5. The molecule has 0 fully saturated rings. The topological polar surface area (TPSA) is 62.2 Å². The van der Waals surface area contributed by atoms with Crippen molar-refractivity contribution >= 4 is 23.4 Å². The third-order valence-electron chi connectivity index (χ3n) is 1.96. The van der Waals surface area contributed by atoms with Crippen LogP contribution in [0.3, 0.4) is 0 Å². The summed E-state index contributed by atoms with van der Waals surface area (Å²) >= 11 is 5.89. The van der Waals surface area contributed by atoms with Gasteiger partial charge in [0.05, 0.1) is 10.6 Å². The van der Waals surface area contributed by atoms with E-state index < -0.39 is 5.97 Å². The van der Waals surface area contributed by atoms with Crippen LogP contribution in [0.4, 0.5) is 5.82 Å². The first-order valence-corrected chi connectivity index (χ1v) is 5.27. The van der Waals surface area contributed by atoms with Crippen LogP contribution in [0.2, 0.25) is 5.02 Å². The number of carbonyl (C=O) groups is 1. The Morgan fingerprint density at radius 2 is 2.44 bits per heavy atom. The van der Waals surface area contributed by atoms with Gasteiger partial charge in [0.15, 0.2) is 0 Å². The number of nitrogens with one attached hydrogen (secondary N) is 1. The smallest absolute Gasteiger partial charge is 0.337 e. The van der Waals surface area contributed by atoms with Gasteiger partial charge < -0.3 is 10.4 Å². The Kier molecular flexibility index (Phi) is 4.79. The zero-order valence-corrected chi connectivity index (χ0v) is 9.66. The van der Waals surface area contributed by atoms with Gasteiger partial charge in [-0.15, -0.1) is 0 Å². The minimum Gasteiger partial charge on any atom is -0.478 e. The minimum absolute atomic E-state index is 0.0604. The fourth-order valence-electron chi connectivity index (χ4n) is 1.17. The number of nitrogens with zero attached hydrogens (tertiary/aromatic N) is 1. The Morgan fingerprint density at radius 1 is 1.69 bits per heavy atom. The quantitative estimate of drug-likeness (QED) is 0.614. The first kappa shape index (κ1) is 12.5. The molecule has 1 heterocycles. The van der Waals surface area contributed by atoms with E-state index in [9.17, 15) is 4.79 Å². The third-order valence-corrected chi connectivity index (χ3v) is 2.34. The largest absolute Gasteiger partial charge is 0.478 e. The van der Waals surface area contributed by atoms with E-state index in [4.69, 9.17) is 16.7 Å². The summed E-state index contributed by atoms with van der Waals surface area (Å²) < 4.78 is 0. The van der Waals surface area contributed by atoms with Crippen molar-refractivity contribution in [3.63, 3.8) is 0 Å². The molecule has 4 nitrogen and oxygen atoms in total. The molecule has 0 aliphatic rings. The highest BCUT2D eigenvalue weighted by Crippen LogP contribution is 2.23. The first-order chi connectivity index (χ1) is 7.66. The van der Waals surface area contributed by atoms with E-state index >= 15 is 0 Å². The van der Waals surface area contributed by atoms with E-state index in [1.54, 1.807) is 0 Å². The van der Waals surface area contributed by atoms with Crippen molar-refractivity contribution in [2.45, 2.75) is 13.3 Å². The van der Waals surface area contributed by atoms with Crippen molar-refractivity contribution in [1.29, 1.82) is 0 Å². The Bertz CT molecular complexity index is 405. The van der Waals surface area contributed by atoms with Gasteiger partial charge in [0.1, 0.15) is 5.82 Å². The summed E-state index contributed by atoms with van der Waals surface area (Å²) in [5.41, 5.74) is 0.0604. The van der Waals surface area contributed by atoms with Gasteiger partial charge in [-0.25, -0.2) is 9.78 Å². The van der Waals surface area contributed by atoms with Crippen LogP contribution in [0.1, 0.15) is 23.7 Å². The maximum absolute atomic E-state index is 10.8. The average Bonchev–Trinajstić information content (AvgIpc) is 2.26. The van der Waals surface area contributed by atoms with Crippen LogP contribution in [0.25, 0.3) is 0 Å². The van der Waals surface area contributed by atoms with Crippen molar-refractivity contribution in [2.24, 2.45) is 0 Å². The third kappa shape index (κ3) is 3.24. The van der Waals surface area contributed by atoms with Gasteiger partial charge in [-0.1, -0.05) is 23.8 Å². The number of carboxylic acid groups (broad SMARTS) is 1. The molecule has 16 heavy (non-hydrogen) atoms. The van der Waals surface area contributed by atoms with Crippen LogP contribution in [-0.2, 0) is 0 Å². The summed E-state index contributed by atoms with van der Waals surface area (Å²) in [5, 5.41) is 12.0. The van der Waals surface area contributed by atoms with Crippen molar-refractivity contribution in [2.75, 3.05) is 11.9 Å². The summed E-state index contributed by atoms with van der Waals surface area (Å²) in [6.07, 6.45) is 6.21. The van der Waals surface area contributed by atoms with Crippen LogP contribution >= 0.6 is 11.6 Å². The summed E-state index contributed by atoms with van der Waals surface area (Å²) in [7, 11) is 0. The van der Waals surface area contributed by atoms with Gasteiger partial charge in [0.2, 0.25) is 0 Å². The van der Waals surface area contributed by atoms with Gasteiger partial charge in [-0.05, 0) is 19.4 Å². The number of aromatic nitrogens is 1. The van der Waals surface area contributed by atoms with Crippen LogP contribution in [-0.4, -0.2) is 22.6 Å². The Balaban J connectivity index is 2.73. The molecular formula is C11H13ClN2O2. The number of hydrogen-bond donors (Lipinski definition) is 2. The molecule has 0 bridgehead atoms. The monoisotopic (exact) mass is 240 g/mol. The molecule has 5 heteroatoms. The molecule has 0 spiro atoms. The molecule has 0 saturated heterocycles. The lowest BCUT2D eigenvalue weighted by Gasteiger charge is -2.07. The summed E-state index contributed by atoms with van der Waals surface area (Å²) in [6, 6.07) is 1.38. The van der Waals surface area contributed by atoms with Gasteiger partial charge in [0.25, 0.3) is 0 Å². The molecule has 0 aromatic carbocycles. The second-order valence-electron chi connectivity index (χ2n) is 3.11. The number of allylic oxidation sites excluding steroid dienone is 1. The molecular weight excluding hydrogens is 228 g/mol. The summed E-state index contributed by atoms with van der Waals surface area (Å²) in [5.74, 6) is -0.644. The molecule has 0 amide bonds. The normalized spacial score (nSPS) is 10.6. The van der Waals surface area contributed by atoms with Crippen LogP contribution in [0.15, 0.2) is 24.4 Å². The standard InChI is InChI=1S/C11H13ClN2O2/c1-2-3-4-6-13-10-9(12)8(11(15)16)5-7-14-10/h2-3,5,7H,4,6H2,1H3,(H,13,14)(H,15,16)/b3-2+. The van der Waals surface area contributed by atoms with E-state index in [2.05, 4.69) is 10.3 Å². The lowest BCUT2D eigenvalue weighted by Crippen LogP contribution is -2.06. The van der Waals surface area contributed by atoms with E-state index in [0.717, 1.165) is 6.42 Å². The highest BCUT2D eigenvalue weighted by atomic mass is 35.5. The van der Waals surface area contributed by atoms with Crippen LogP contribution < -0.4 is 5.32 Å².